The Balaban J connectivity index is 0.00000221. The molecular formula is C42H74O6. The van der Waals surface area contributed by atoms with Crippen molar-refractivity contribution in [2.45, 2.75) is 198 Å². The van der Waals surface area contributed by atoms with E-state index in [1.54, 1.807) is 0 Å². The number of carbonyl (C=O) groups is 1. The van der Waals surface area contributed by atoms with Gasteiger partial charge in [0.25, 0.3) is 0 Å². The lowest BCUT2D eigenvalue weighted by atomic mass is 9.69. The summed E-state index contributed by atoms with van der Waals surface area (Å²) in [5.41, 5.74) is 0. The minimum Gasteiger partial charge on any atom is -0.370 e. The first-order valence-corrected chi connectivity index (χ1v) is 21.2. The Labute approximate surface area is 294 Å². The highest BCUT2D eigenvalue weighted by Gasteiger charge is 2.50. The normalized spacial score (nSPS) is 40.2. The predicted octanol–water partition coefficient (Wildman–Crippen LogP) is 10.4. The van der Waals surface area contributed by atoms with E-state index >= 15 is 0 Å². The van der Waals surface area contributed by atoms with E-state index in [4.69, 9.17) is 28.8 Å². The highest BCUT2D eigenvalue weighted by atomic mass is 17.2. The molecule has 4 saturated carbocycles. The molecule has 0 radical (unpaired) electrons. The fourth-order valence-electron chi connectivity index (χ4n) is 10.9. The standard InChI is InChI=1S/C41H72O5.CH2O/c1-3-5-7-9-30-11-17-33(18-12-30)35-21-15-32(16-22-35)27-44-46-39-29-43-40-38(28-42-41(39)40)45-37-25-23-36(24-26-37)34-19-13-31(14-20-34)10-8-6-4-2;1-2/h30-41H,3-29H2,1-2H3;1H2. The molecule has 0 aromatic heterocycles. The van der Waals surface area contributed by atoms with Gasteiger partial charge in [-0.1, -0.05) is 90.9 Å². The summed E-state index contributed by atoms with van der Waals surface area (Å²) in [5, 5.41) is 0. The second kappa shape index (κ2) is 21.1. The zero-order valence-electron chi connectivity index (χ0n) is 31.2. The van der Waals surface area contributed by atoms with Crippen LogP contribution in [-0.2, 0) is 28.8 Å². The van der Waals surface area contributed by atoms with Crippen molar-refractivity contribution in [1.82, 2.24) is 0 Å². The van der Waals surface area contributed by atoms with E-state index in [0.717, 1.165) is 35.5 Å². The second-order valence-electron chi connectivity index (χ2n) is 17.1. The van der Waals surface area contributed by atoms with Crippen molar-refractivity contribution >= 4 is 6.79 Å². The van der Waals surface area contributed by atoms with Crippen LogP contribution in [0.1, 0.15) is 168 Å². The third kappa shape index (κ3) is 11.2. The molecule has 2 aliphatic heterocycles. The van der Waals surface area contributed by atoms with Crippen LogP contribution in [0.2, 0.25) is 0 Å². The molecule has 0 spiro atoms. The quantitative estimate of drug-likeness (QED) is 0.0922. The Bertz CT molecular complexity index is 837. The molecule has 4 atom stereocenters. The van der Waals surface area contributed by atoms with Crippen LogP contribution in [0.5, 0.6) is 0 Å². The molecule has 0 amide bonds. The summed E-state index contributed by atoms with van der Waals surface area (Å²) in [6.07, 6.45) is 34.0. The molecular weight excluding hydrogens is 600 g/mol. The number of hydrogen-bond acceptors (Lipinski definition) is 6. The fraction of sp³-hybridized carbons (Fsp3) is 0.976. The summed E-state index contributed by atoms with van der Waals surface area (Å²) in [6.45, 7) is 8.54. The second-order valence-corrected chi connectivity index (χ2v) is 17.1. The Morgan fingerprint density at radius 2 is 0.938 bits per heavy atom. The summed E-state index contributed by atoms with van der Waals surface area (Å²) in [5.74, 6) is 6.52. The van der Waals surface area contributed by atoms with Gasteiger partial charge in [0.1, 0.15) is 31.2 Å². The average Bonchev–Trinajstić information content (AvgIpc) is 3.73. The van der Waals surface area contributed by atoms with Gasteiger partial charge in [-0.2, -0.15) is 0 Å². The van der Waals surface area contributed by atoms with Crippen LogP contribution in [0.3, 0.4) is 0 Å². The molecule has 0 aromatic rings. The van der Waals surface area contributed by atoms with Crippen LogP contribution in [0, 0.1) is 41.4 Å². The number of hydrogen-bond donors (Lipinski definition) is 0. The Kier molecular flexibility index (Phi) is 17.0. The highest BCUT2D eigenvalue weighted by Crippen LogP contribution is 2.44. The van der Waals surface area contributed by atoms with E-state index in [1.165, 1.54) is 154 Å². The number of rotatable bonds is 16. The van der Waals surface area contributed by atoms with Crippen molar-refractivity contribution in [3.05, 3.63) is 0 Å². The lowest BCUT2D eigenvalue weighted by molar-refractivity contribution is -0.340. The Hall–Kier alpha value is -0.530. The van der Waals surface area contributed by atoms with Gasteiger partial charge in [0.05, 0.1) is 25.9 Å². The highest BCUT2D eigenvalue weighted by molar-refractivity contribution is 5.11. The molecule has 4 unspecified atom stereocenters. The van der Waals surface area contributed by atoms with Crippen molar-refractivity contribution < 1.29 is 28.8 Å². The number of ether oxygens (including phenoxy) is 3. The van der Waals surface area contributed by atoms with Crippen LogP contribution in [-0.4, -0.2) is 57.1 Å². The smallest absolute Gasteiger partial charge is 0.145 e. The maximum atomic E-state index is 8.00. The minimum absolute atomic E-state index is 0.00789. The molecule has 278 valence electrons. The van der Waals surface area contributed by atoms with E-state index in [1.807, 2.05) is 6.79 Å². The summed E-state index contributed by atoms with van der Waals surface area (Å²) >= 11 is 0. The lowest BCUT2D eigenvalue weighted by Gasteiger charge is -2.38. The average molecular weight is 675 g/mol. The van der Waals surface area contributed by atoms with Crippen molar-refractivity contribution in [2.75, 3.05) is 19.8 Å². The molecule has 6 heteroatoms. The molecule has 6 nitrogen and oxygen atoms in total. The summed E-state index contributed by atoms with van der Waals surface area (Å²) in [7, 11) is 0. The fourth-order valence-corrected chi connectivity index (χ4v) is 10.9. The maximum Gasteiger partial charge on any atom is 0.145 e. The van der Waals surface area contributed by atoms with Gasteiger partial charge in [0.15, 0.2) is 0 Å². The van der Waals surface area contributed by atoms with Gasteiger partial charge in [-0.05, 0) is 118 Å². The molecule has 0 bridgehead atoms. The van der Waals surface area contributed by atoms with Crippen molar-refractivity contribution in [3.8, 4) is 0 Å². The molecule has 48 heavy (non-hydrogen) atoms. The summed E-state index contributed by atoms with van der Waals surface area (Å²) < 4.78 is 19.1. The molecule has 6 aliphatic rings. The summed E-state index contributed by atoms with van der Waals surface area (Å²) in [4.78, 5) is 19.9. The van der Waals surface area contributed by atoms with Crippen molar-refractivity contribution in [1.29, 1.82) is 0 Å². The number of carbonyl (C=O) groups excluding carboxylic acids is 1. The molecule has 6 rings (SSSR count). The van der Waals surface area contributed by atoms with Crippen molar-refractivity contribution in [2.24, 2.45) is 41.4 Å². The van der Waals surface area contributed by atoms with Crippen LogP contribution in [0.25, 0.3) is 0 Å². The van der Waals surface area contributed by atoms with Crippen LogP contribution < -0.4 is 0 Å². The van der Waals surface area contributed by atoms with Crippen LogP contribution in [0.15, 0.2) is 0 Å². The molecule has 2 heterocycles. The zero-order valence-corrected chi connectivity index (χ0v) is 31.2. The molecule has 6 fully saturated rings. The van der Waals surface area contributed by atoms with Gasteiger partial charge >= 0.3 is 0 Å². The Morgan fingerprint density at radius 1 is 0.521 bits per heavy atom. The first-order valence-electron chi connectivity index (χ1n) is 21.2. The van der Waals surface area contributed by atoms with Crippen molar-refractivity contribution in [3.63, 3.8) is 0 Å². The first kappa shape index (κ1) is 38.7. The molecule has 0 N–H and O–H groups in total. The van der Waals surface area contributed by atoms with E-state index in [-0.39, 0.29) is 24.4 Å². The molecule has 0 aromatic carbocycles. The number of fused-ring (bicyclic) bond motifs is 1. The van der Waals surface area contributed by atoms with Crippen LogP contribution in [0.4, 0.5) is 0 Å². The third-order valence-corrected chi connectivity index (χ3v) is 14.0. The van der Waals surface area contributed by atoms with Gasteiger partial charge < -0.3 is 19.0 Å². The monoisotopic (exact) mass is 675 g/mol. The SMILES string of the molecule is C=O.CCCCCC1CCC(C2CCC(COOC3COC4C(OC5CCC(C6CCC(CCCCC)CC6)CC5)COC34)CC2)CC1. The molecule has 2 saturated heterocycles. The zero-order chi connectivity index (χ0) is 33.6. The van der Waals surface area contributed by atoms with E-state index in [0.29, 0.717) is 31.8 Å². The first-order chi connectivity index (χ1) is 23.7. The minimum atomic E-state index is -0.129. The Morgan fingerprint density at radius 3 is 1.42 bits per heavy atom. The van der Waals surface area contributed by atoms with Gasteiger partial charge in [-0.15, -0.1) is 0 Å². The van der Waals surface area contributed by atoms with Gasteiger partial charge in [0, 0.05) is 0 Å². The maximum absolute atomic E-state index is 8.00. The topological polar surface area (TPSA) is 63.2 Å². The van der Waals surface area contributed by atoms with E-state index in [9.17, 15) is 0 Å². The predicted molar refractivity (Wildman–Crippen MR) is 193 cm³/mol. The third-order valence-electron chi connectivity index (χ3n) is 14.0. The van der Waals surface area contributed by atoms with E-state index in [2.05, 4.69) is 13.8 Å². The van der Waals surface area contributed by atoms with E-state index < -0.39 is 0 Å². The van der Waals surface area contributed by atoms with Gasteiger partial charge in [-0.3, -0.25) is 0 Å². The number of unbranched alkanes of at least 4 members (excludes halogenated alkanes) is 4. The van der Waals surface area contributed by atoms with Crippen LogP contribution >= 0.6 is 0 Å². The van der Waals surface area contributed by atoms with Gasteiger partial charge in [-0.25, -0.2) is 9.78 Å². The largest absolute Gasteiger partial charge is 0.370 e. The molecule has 4 aliphatic carbocycles. The summed E-state index contributed by atoms with van der Waals surface area (Å²) in [6, 6.07) is 0. The van der Waals surface area contributed by atoms with Gasteiger partial charge in [0.2, 0.25) is 0 Å². The lowest BCUT2D eigenvalue weighted by Crippen LogP contribution is -2.37.